The van der Waals surface area contributed by atoms with E-state index in [9.17, 15) is 4.79 Å². The molecule has 1 N–H and O–H groups in total. The lowest BCUT2D eigenvalue weighted by molar-refractivity contribution is -0.138. The number of pyridine rings is 1. The van der Waals surface area contributed by atoms with Crippen LogP contribution < -0.4 is 14.8 Å². The number of methoxy groups -OCH3 is 2. The quantitative estimate of drug-likeness (QED) is 0.791. The van der Waals surface area contributed by atoms with E-state index in [1.807, 2.05) is 0 Å². The molecule has 2 rings (SSSR count). The Morgan fingerprint density at radius 3 is 2.77 bits per heavy atom. The van der Waals surface area contributed by atoms with Crippen LogP contribution in [0.15, 0.2) is 40.9 Å². The van der Waals surface area contributed by atoms with Crippen LogP contribution in [0.1, 0.15) is 0 Å². The van der Waals surface area contributed by atoms with Gasteiger partial charge < -0.3 is 19.5 Å². The SMILES string of the molecule is COC(=O)CNc1cccc(Oc2ccc(OC)c(Br)c2)n1. The summed E-state index contributed by atoms with van der Waals surface area (Å²) in [5, 5.41) is 2.86. The summed E-state index contributed by atoms with van der Waals surface area (Å²) in [7, 11) is 2.93. The largest absolute Gasteiger partial charge is 0.496 e. The minimum Gasteiger partial charge on any atom is -0.496 e. The molecule has 0 bridgehead atoms. The molecule has 0 aliphatic carbocycles. The first kappa shape index (κ1) is 16.1. The normalized spacial score (nSPS) is 9.95. The van der Waals surface area contributed by atoms with Crippen molar-refractivity contribution in [2.24, 2.45) is 0 Å². The number of nitrogens with zero attached hydrogens (tertiary/aromatic N) is 1. The molecular formula is C15H15BrN2O4. The molecule has 1 aromatic carbocycles. The van der Waals surface area contributed by atoms with E-state index >= 15 is 0 Å². The van der Waals surface area contributed by atoms with Gasteiger partial charge in [-0.2, -0.15) is 4.98 Å². The topological polar surface area (TPSA) is 69.7 Å². The van der Waals surface area contributed by atoms with Crippen LogP contribution in [0.25, 0.3) is 0 Å². The Balaban J connectivity index is 2.06. The molecule has 0 aliphatic heterocycles. The predicted octanol–water partition coefficient (Wildman–Crippen LogP) is 3.23. The standard InChI is InChI=1S/C15H15BrN2O4/c1-20-12-7-6-10(8-11(12)16)22-14-5-3-4-13(18-14)17-9-15(19)21-2/h3-8H,9H2,1-2H3,(H,17,18). The molecule has 0 atom stereocenters. The average Bonchev–Trinajstić information content (AvgIpc) is 2.53. The zero-order chi connectivity index (χ0) is 15.9. The summed E-state index contributed by atoms with van der Waals surface area (Å²) in [5.74, 6) is 1.90. The van der Waals surface area contributed by atoms with Gasteiger partial charge in [0, 0.05) is 6.07 Å². The van der Waals surface area contributed by atoms with E-state index in [0.717, 1.165) is 4.47 Å². The number of nitrogens with one attached hydrogen (secondary N) is 1. The highest BCUT2D eigenvalue weighted by Crippen LogP contribution is 2.31. The van der Waals surface area contributed by atoms with Crippen molar-refractivity contribution >= 4 is 27.7 Å². The van der Waals surface area contributed by atoms with Crippen LogP contribution in [0.3, 0.4) is 0 Å². The van der Waals surface area contributed by atoms with Crippen molar-refractivity contribution in [3.8, 4) is 17.4 Å². The van der Waals surface area contributed by atoms with Crippen LogP contribution in [0.4, 0.5) is 5.82 Å². The second-order valence-corrected chi connectivity index (χ2v) is 5.04. The van der Waals surface area contributed by atoms with Gasteiger partial charge in [-0.15, -0.1) is 0 Å². The van der Waals surface area contributed by atoms with Crippen molar-refractivity contribution < 1.29 is 19.0 Å². The number of esters is 1. The lowest BCUT2D eigenvalue weighted by atomic mass is 10.3. The first-order valence-corrected chi connectivity index (χ1v) is 7.21. The highest BCUT2D eigenvalue weighted by molar-refractivity contribution is 9.10. The summed E-state index contributed by atoms with van der Waals surface area (Å²) in [4.78, 5) is 15.4. The predicted molar refractivity (Wildman–Crippen MR) is 85.5 cm³/mol. The number of aromatic nitrogens is 1. The molecule has 0 radical (unpaired) electrons. The zero-order valence-corrected chi connectivity index (χ0v) is 13.7. The third-order valence-corrected chi connectivity index (χ3v) is 3.33. The van der Waals surface area contributed by atoms with Gasteiger partial charge in [0.1, 0.15) is 23.9 Å². The van der Waals surface area contributed by atoms with Gasteiger partial charge in [-0.05, 0) is 40.2 Å². The molecule has 1 heterocycles. The minimum absolute atomic E-state index is 0.0427. The van der Waals surface area contributed by atoms with Crippen LogP contribution in [0.5, 0.6) is 17.4 Å². The minimum atomic E-state index is -0.368. The highest BCUT2D eigenvalue weighted by atomic mass is 79.9. The van der Waals surface area contributed by atoms with Gasteiger partial charge in [0.2, 0.25) is 5.88 Å². The maximum atomic E-state index is 11.1. The van der Waals surface area contributed by atoms with Crippen molar-refractivity contribution in [2.45, 2.75) is 0 Å². The summed E-state index contributed by atoms with van der Waals surface area (Å²) in [6, 6.07) is 10.6. The molecule has 0 aliphatic rings. The second kappa shape index (κ2) is 7.65. The number of rotatable bonds is 6. The molecule has 0 spiro atoms. The lowest BCUT2D eigenvalue weighted by Crippen LogP contribution is -2.15. The first-order chi connectivity index (χ1) is 10.6. The van der Waals surface area contributed by atoms with Gasteiger partial charge >= 0.3 is 5.97 Å². The van der Waals surface area contributed by atoms with E-state index in [0.29, 0.717) is 23.2 Å². The second-order valence-electron chi connectivity index (χ2n) is 4.19. The monoisotopic (exact) mass is 366 g/mol. The van der Waals surface area contributed by atoms with Crippen LogP contribution in [-0.2, 0) is 9.53 Å². The summed E-state index contributed by atoms with van der Waals surface area (Å²) < 4.78 is 16.2. The molecule has 2 aromatic rings. The highest BCUT2D eigenvalue weighted by Gasteiger charge is 2.06. The Labute approximate surface area is 136 Å². The van der Waals surface area contributed by atoms with Crippen LogP contribution in [-0.4, -0.2) is 31.7 Å². The fraction of sp³-hybridized carbons (Fsp3) is 0.200. The van der Waals surface area contributed by atoms with E-state index in [-0.39, 0.29) is 12.5 Å². The molecular weight excluding hydrogens is 352 g/mol. The van der Waals surface area contributed by atoms with Crippen molar-refractivity contribution in [1.82, 2.24) is 4.98 Å². The van der Waals surface area contributed by atoms with Crippen molar-refractivity contribution in [1.29, 1.82) is 0 Å². The summed E-state index contributed by atoms with van der Waals surface area (Å²) in [6.45, 7) is 0.0427. The molecule has 7 heteroatoms. The van der Waals surface area contributed by atoms with Crippen molar-refractivity contribution in [2.75, 3.05) is 26.1 Å². The number of hydrogen-bond acceptors (Lipinski definition) is 6. The Kier molecular flexibility index (Phi) is 5.60. The molecule has 6 nitrogen and oxygen atoms in total. The molecule has 0 saturated heterocycles. The van der Waals surface area contributed by atoms with Gasteiger partial charge in [-0.25, -0.2) is 0 Å². The molecule has 0 amide bonds. The molecule has 0 saturated carbocycles. The zero-order valence-electron chi connectivity index (χ0n) is 12.1. The Bertz CT molecular complexity index is 664. The fourth-order valence-corrected chi connectivity index (χ4v) is 2.16. The maximum Gasteiger partial charge on any atom is 0.325 e. The van der Waals surface area contributed by atoms with Crippen molar-refractivity contribution in [3.05, 3.63) is 40.9 Å². The number of carbonyl (C=O) groups is 1. The van der Waals surface area contributed by atoms with E-state index < -0.39 is 0 Å². The third kappa shape index (κ3) is 4.36. The van der Waals surface area contributed by atoms with Crippen LogP contribution in [0.2, 0.25) is 0 Å². The van der Waals surface area contributed by atoms with Gasteiger partial charge in [-0.1, -0.05) is 6.07 Å². The number of anilines is 1. The lowest BCUT2D eigenvalue weighted by Gasteiger charge is -2.09. The van der Waals surface area contributed by atoms with Gasteiger partial charge in [0.25, 0.3) is 0 Å². The molecule has 0 fully saturated rings. The summed E-state index contributed by atoms with van der Waals surface area (Å²) >= 11 is 3.39. The van der Waals surface area contributed by atoms with Crippen LogP contribution in [0, 0.1) is 0 Å². The average molecular weight is 367 g/mol. The Morgan fingerprint density at radius 1 is 1.27 bits per heavy atom. The molecule has 116 valence electrons. The van der Waals surface area contributed by atoms with E-state index in [1.165, 1.54) is 7.11 Å². The fourth-order valence-electron chi connectivity index (χ4n) is 1.64. The van der Waals surface area contributed by atoms with Gasteiger partial charge in [0.15, 0.2) is 0 Å². The van der Waals surface area contributed by atoms with Crippen molar-refractivity contribution in [3.63, 3.8) is 0 Å². The van der Waals surface area contributed by atoms with Crippen LogP contribution >= 0.6 is 15.9 Å². The molecule has 1 aromatic heterocycles. The Hall–Kier alpha value is -2.28. The number of benzene rings is 1. The maximum absolute atomic E-state index is 11.1. The number of carbonyl (C=O) groups excluding carboxylic acids is 1. The first-order valence-electron chi connectivity index (χ1n) is 6.41. The smallest absolute Gasteiger partial charge is 0.325 e. The molecule has 22 heavy (non-hydrogen) atoms. The van der Waals surface area contributed by atoms with Gasteiger partial charge in [0.05, 0.1) is 18.7 Å². The number of ether oxygens (including phenoxy) is 3. The van der Waals surface area contributed by atoms with E-state index in [2.05, 4.69) is 31.0 Å². The van der Waals surface area contributed by atoms with Gasteiger partial charge in [-0.3, -0.25) is 4.79 Å². The Morgan fingerprint density at radius 2 is 2.09 bits per heavy atom. The summed E-state index contributed by atoms with van der Waals surface area (Å²) in [5.41, 5.74) is 0. The van der Waals surface area contributed by atoms with E-state index in [4.69, 9.17) is 9.47 Å². The third-order valence-electron chi connectivity index (χ3n) is 2.71. The number of halogens is 1. The molecule has 0 unspecified atom stereocenters. The van der Waals surface area contributed by atoms with E-state index in [1.54, 1.807) is 43.5 Å². The summed E-state index contributed by atoms with van der Waals surface area (Å²) in [6.07, 6.45) is 0. The number of hydrogen-bond donors (Lipinski definition) is 1.